The highest BCUT2D eigenvalue weighted by atomic mass is 19.1. The molecule has 0 aromatic heterocycles. The molecule has 0 fully saturated rings. The van der Waals surface area contributed by atoms with E-state index in [9.17, 15) is 23.1 Å². The van der Waals surface area contributed by atoms with E-state index < -0.39 is 36.4 Å². The average molecular weight is 479 g/mol. The monoisotopic (exact) mass is 478 g/mol. The van der Waals surface area contributed by atoms with Gasteiger partial charge in [-0.2, -0.15) is 0 Å². The van der Waals surface area contributed by atoms with Gasteiger partial charge in [0, 0.05) is 30.6 Å². The second-order valence-corrected chi connectivity index (χ2v) is 10.1. The molecule has 3 atom stereocenters. The number of rotatable bonds is 9. The number of aliphatic hydroxyl groups excluding tert-OH is 1. The van der Waals surface area contributed by atoms with E-state index in [4.69, 9.17) is 4.74 Å². The molecule has 1 aliphatic heterocycles. The predicted octanol–water partition coefficient (Wildman–Crippen LogP) is 4.02. The molecular formula is C26H33F3N2O3. The Morgan fingerprint density at radius 2 is 1.85 bits per heavy atom. The Morgan fingerprint density at radius 1 is 1.15 bits per heavy atom. The lowest BCUT2D eigenvalue weighted by atomic mass is 9.86. The molecule has 5 nitrogen and oxygen atoms in total. The van der Waals surface area contributed by atoms with E-state index in [0.29, 0.717) is 13.0 Å². The van der Waals surface area contributed by atoms with Crippen molar-refractivity contribution in [2.45, 2.75) is 58.2 Å². The van der Waals surface area contributed by atoms with Crippen molar-refractivity contribution in [1.82, 2.24) is 10.6 Å². The minimum absolute atomic E-state index is 0.0522. The van der Waals surface area contributed by atoms with Crippen LogP contribution in [-0.4, -0.2) is 43.0 Å². The number of amides is 1. The highest BCUT2D eigenvalue weighted by molar-refractivity contribution is 5.77. The van der Waals surface area contributed by atoms with Crippen LogP contribution in [0.2, 0.25) is 0 Å². The summed E-state index contributed by atoms with van der Waals surface area (Å²) in [6, 6.07) is 8.12. The zero-order valence-electron chi connectivity index (χ0n) is 19.8. The maximum Gasteiger partial charge on any atom is 0.251 e. The highest BCUT2D eigenvalue weighted by Gasteiger charge is 2.27. The number of fused-ring (bicyclic) bond motifs is 1. The van der Waals surface area contributed by atoms with E-state index >= 15 is 0 Å². The lowest BCUT2D eigenvalue weighted by Gasteiger charge is -2.30. The zero-order chi connectivity index (χ0) is 24.9. The van der Waals surface area contributed by atoms with Crippen LogP contribution in [0, 0.1) is 17.0 Å². The Bertz CT molecular complexity index is 973. The zero-order valence-corrected chi connectivity index (χ0v) is 19.8. The molecule has 0 saturated carbocycles. The third kappa shape index (κ3) is 7.46. The SMILES string of the molecule is CC(C)(C)Cc1ccc2c(c1)C(NC[C@@H](O)[C@H](Cc1cc(F)cc(F)c1)NC(=O)CF)CCO2. The van der Waals surface area contributed by atoms with Gasteiger partial charge in [-0.3, -0.25) is 4.79 Å². The van der Waals surface area contributed by atoms with Crippen LogP contribution in [-0.2, 0) is 17.6 Å². The van der Waals surface area contributed by atoms with Gasteiger partial charge in [0.2, 0.25) is 0 Å². The molecule has 34 heavy (non-hydrogen) atoms. The molecule has 1 heterocycles. The van der Waals surface area contributed by atoms with Gasteiger partial charge in [-0.05, 0) is 47.6 Å². The van der Waals surface area contributed by atoms with Crippen LogP contribution in [0.15, 0.2) is 36.4 Å². The first kappa shape index (κ1) is 26.0. The van der Waals surface area contributed by atoms with Gasteiger partial charge in [0.25, 0.3) is 5.91 Å². The van der Waals surface area contributed by atoms with Crippen molar-refractivity contribution in [2.75, 3.05) is 19.8 Å². The van der Waals surface area contributed by atoms with Gasteiger partial charge >= 0.3 is 0 Å². The quantitative estimate of drug-likeness (QED) is 0.509. The topological polar surface area (TPSA) is 70.6 Å². The van der Waals surface area contributed by atoms with Crippen LogP contribution in [0.5, 0.6) is 5.75 Å². The summed E-state index contributed by atoms with van der Waals surface area (Å²) in [5.74, 6) is -1.64. The minimum atomic E-state index is -1.25. The van der Waals surface area contributed by atoms with Gasteiger partial charge in [-0.15, -0.1) is 0 Å². The molecule has 1 unspecified atom stereocenters. The molecule has 0 radical (unpaired) electrons. The number of carbonyl (C=O) groups is 1. The number of hydrogen-bond acceptors (Lipinski definition) is 4. The van der Waals surface area contributed by atoms with Crippen LogP contribution >= 0.6 is 0 Å². The molecule has 3 N–H and O–H groups in total. The molecule has 0 spiro atoms. The fourth-order valence-corrected chi connectivity index (χ4v) is 4.29. The van der Waals surface area contributed by atoms with Gasteiger partial charge < -0.3 is 20.5 Å². The molecule has 2 aromatic rings. The van der Waals surface area contributed by atoms with Crippen molar-refractivity contribution in [1.29, 1.82) is 0 Å². The van der Waals surface area contributed by atoms with E-state index in [1.54, 1.807) is 0 Å². The Balaban J connectivity index is 1.72. The maximum atomic E-state index is 13.6. The van der Waals surface area contributed by atoms with Crippen molar-refractivity contribution < 1.29 is 27.8 Å². The van der Waals surface area contributed by atoms with E-state index in [-0.39, 0.29) is 30.0 Å². The van der Waals surface area contributed by atoms with E-state index in [2.05, 4.69) is 43.5 Å². The molecular weight excluding hydrogens is 445 g/mol. The van der Waals surface area contributed by atoms with E-state index in [1.807, 2.05) is 6.07 Å². The lowest BCUT2D eigenvalue weighted by molar-refractivity contribution is -0.123. The number of ether oxygens (including phenoxy) is 1. The molecule has 0 saturated heterocycles. The van der Waals surface area contributed by atoms with Crippen LogP contribution in [0.3, 0.4) is 0 Å². The fraction of sp³-hybridized carbons (Fsp3) is 0.500. The summed E-state index contributed by atoms with van der Waals surface area (Å²) in [4.78, 5) is 11.7. The summed E-state index contributed by atoms with van der Waals surface area (Å²) in [6.45, 7) is 5.87. The lowest BCUT2D eigenvalue weighted by Crippen LogP contribution is -2.49. The predicted molar refractivity (Wildman–Crippen MR) is 124 cm³/mol. The number of carbonyl (C=O) groups excluding carboxylic acids is 1. The third-order valence-corrected chi connectivity index (χ3v) is 5.73. The largest absolute Gasteiger partial charge is 0.493 e. The molecule has 8 heteroatoms. The summed E-state index contributed by atoms with van der Waals surface area (Å²) in [5, 5.41) is 16.6. The van der Waals surface area contributed by atoms with E-state index in [1.165, 1.54) is 5.56 Å². The van der Waals surface area contributed by atoms with Gasteiger partial charge in [0.15, 0.2) is 6.67 Å². The van der Waals surface area contributed by atoms with Crippen molar-refractivity contribution in [3.8, 4) is 5.75 Å². The molecule has 3 rings (SSSR count). The number of alkyl halides is 1. The summed E-state index contributed by atoms with van der Waals surface area (Å²) < 4.78 is 45.8. The number of benzene rings is 2. The maximum absolute atomic E-state index is 13.6. The molecule has 1 aliphatic rings. The third-order valence-electron chi connectivity index (χ3n) is 5.73. The van der Waals surface area contributed by atoms with Crippen molar-refractivity contribution >= 4 is 5.91 Å². The normalized spacial score (nSPS) is 17.4. The van der Waals surface area contributed by atoms with Crippen LogP contribution in [0.25, 0.3) is 0 Å². The van der Waals surface area contributed by atoms with Crippen molar-refractivity contribution in [3.63, 3.8) is 0 Å². The average Bonchev–Trinajstić information content (AvgIpc) is 2.75. The van der Waals surface area contributed by atoms with Gasteiger partial charge in [0.1, 0.15) is 17.4 Å². The summed E-state index contributed by atoms with van der Waals surface area (Å²) in [5.41, 5.74) is 2.56. The van der Waals surface area contributed by atoms with Crippen molar-refractivity contribution in [2.24, 2.45) is 5.41 Å². The number of hydrogen-bond donors (Lipinski definition) is 3. The van der Waals surface area contributed by atoms with Gasteiger partial charge in [-0.25, -0.2) is 13.2 Å². The fourth-order valence-electron chi connectivity index (χ4n) is 4.29. The smallest absolute Gasteiger partial charge is 0.251 e. The highest BCUT2D eigenvalue weighted by Crippen LogP contribution is 2.34. The molecule has 0 aliphatic carbocycles. The Labute approximate surface area is 198 Å². The summed E-state index contributed by atoms with van der Waals surface area (Å²) >= 11 is 0. The molecule has 186 valence electrons. The number of aliphatic hydroxyl groups is 1. The van der Waals surface area contributed by atoms with Crippen LogP contribution in [0.1, 0.15) is 49.9 Å². The molecule has 0 bridgehead atoms. The van der Waals surface area contributed by atoms with Gasteiger partial charge in [0.05, 0.1) is 18.8 Å². The second kappa shape index (κ2) is 11.2. The first-order valence-electron chi connectivity index (χ1n) is 11.5. The number of halogens is 3. The van der Waals surface area contributed by atoms with Crippen LogP contribution < -0.4 is 15.4 Å². The Morgan fingerprint density at radius 3 is 2.50 bits per heavy atom. The first-order valence-corrected chi connectivity index (χ1v) is 11.5. The standard InChI is InChI=1S/C26H33F3N2O3/c1-26(2,3)13-16-4-5-24-20(10-16)21(6-7-34-24)30-15-23(32)22(31-25(33)14-27)11-17-8-18(28)12-19(29)9-17/h4-5,8-10,12,21-23,30,32H,6-7,11,13-15H2,1-3H3,(H,31,33)/t21?,22-,23+/m0/s1. The first-order chi connectivity index (χ1) is 16.0. The Kier molecular flexibility index (Phi) is 8.60. The number of nitrogens with one attached hydrogen (secondary N) is 2. The molecule has 1 amide bonds. The van der Waals surface area contributed by atoms with E-state index in [0.717, 1.165) is 35.9 Å². The second-order valence-electron chi connectivity index (χ2n) is 10.1. The van der Waals surface area contributed by atoms with Gasteiger partial charge in [-0.1, -0.05) is 32.9 Å². The Hall–Kier alpha value is -2.58. The minimum Gasteiger partial charge on any atom is -0.493 e. The van der Waals surface area contributed by atoms with Crippen LogP contribution in [0.4, 0.5) is 13.2 Å². The molecule has 2 aromatic carbocycles. The van der Waals surface area contributed by atoms with Crippen molar-refractivity contribution in [3.05, 3.63) is 64.7 Å². The summed E-state index contributed by atoms with van der Waals surface area (Å²) in [6.07, 6.45) is 0.418. The summed E-state index contributed by atoms with van der Waals surface area (Å²) in [7, 11) is 0.